The largest absolute Gasteiger partial charge is 0.481 e. The van der Waals surface area contributed by atoms with Gasteiger partial charge in [-0.15, -0.1) is 0 Å². The lowest BCUT2D eigenvalue weighted by Gasteiger charge is -2.20. The van der Waals surface area contributed by atoms with Crippen molar-refractivity contribution < 1.29 is 14.7 Å². The molecule has 1 aromatic rings. The molecule has 18 heavy (non-hydrogen) atoms. The molecule has 0 aliphatic carbocycles. The minimum Gasteiger partial charge on any atom is -0.481 e. The maximum atomic E-state index is 11.7. The van der Waals surface area contributed by atoms with E-state index in [-0.39, 0.29) is 18.4 Å². The monoisotopic (exact) mass is 250 g/mol. The lowest BCUT2D eigenvalue weighted by molar-refractivity contribution is -0.149. The van der Waals surface area contributed by atoms with Gasteiger partial charge in [0, 0.05) is 12.6 Å². The van der Waals surface area contributed by atoms with Gasteiger partial charge in [-0.1, -0.05) is 6.07 Å². The molecule has 0 saturated heterocycles. The molecule has 1 rings (SSSR count). The Morgan fingerprint density at radius 3 is 2.61 bits per heavy atom. The SMILES string of the molecule is C[C@H](NC(=O)CC(C)(C)C(=O)O)c1ccccn1. The topological polar surface area (TPSA) is 79.3 Å². The fourth-order valence-electron chi connectivity index (χ4n) is 1.48. The predicted molar refractivity (Wildman–Crippen MR) is 66.8 cm³/mol. The number of amides is 1. The molecule has 0 aromatic carbocycles. The van der Waals surface area contributed by atoms with Gasteiger partial charge in [0.25, 0.3) is 0 Å². The molecule has 0 unspecified atom stereocenters. The zero-order valence-electron chi connectivity index (χ0n) is 10.8. The van der Waals surface area contributed by atoms with Gasteiger partial charge in [0.1, 0.15) is 0 Å². The number of nitrogens with zero attached hydrogens (tertiary/aromatic N) is 1. The Labute approximate surface area is 106 Å². The number of rotatable bonds is 5. The van der Waals surface area contributed by atoms with E-state index in [4.69, 9.17) is 5.11 Å². The molecule has 0 radical (unpaired) electrons. The van der Waals surface area contributed by atoms with Gasteiger partial charge < -0.3 is 10.4 Å². The summed E-state index contributed by atoms with van der Waals surface area (Å²) in [6.07, 6.45) is 1.60. The average molecular weight is 250 g/mol. The van der Waals surface area contributed by atoms with Crippen LogP contribution in [0.3, 0.4) is 0 Å². The molecule has 0 bridgehead atoms. The number of aliphatic carboxylic acids is 1. The van der Waals surface area contributed by atoms with Crippen molar-refractivity contribution >= 4 is 11.9 Å². The third-order valence-corrected chi connectivity index (χ3v) is 2.69. The van der Waals surface area contributed by atoms with Crippen LogP contribution in [0.15, 0.2) is 24.4 Å². The Kier molecular flexibility index (Phi) is 4.42. The van der Waals surface area contributed by atoms with Crippen molar-refractivity contribution in [3.63, 3.8) is 0 Å². The van der Waals surface area contributed by atoms with Gasteiger partial charge in [0.2, 0.25) is 5.91 Å². The first-order valence-electron chi connectivity index (χ1n) is 5.76. The second-order valence-corrected chi connectivity index (χ2v) is 4.91. The molecule has 0 saturated carbocycles. The first-order valence-corrected chi connectivity index (χ1v) is 5.76. The molecule has 98 valence electrons. The summed E-state index contributed by atoms with van der Waals surface area (Å²) in [5.74, 6) is -1.27. The number of aromatic nitrogens is 1. The van der Waals surface area contributed by atoms with Crippen molar-refractivity contribution in [2.75, 3.05) is 0 Å². The molecular formula is C13H18N2O3. The van der Waals surface area contributed by atoms with Crippen LogP contribution in [-0.4, -0.2) is 22.0 Å². The van der Waals surface area contributed by atoms with Crippen LogP contribution in [0.4, 0.5) is 0 Å². The van der Waals surface area contributed by atoms with Crippen molar-refractivity contribution in [1.29, 1.82) is 0 Å². The maximum Gasteiger partial charge on any atom is 0.309 e. The Morgan fingerprint density at radius 1 is 1.44 bits per heavy atom. The number of carboxylic acids is 1. The molecule has 0 fully saturated rings. The highest BCUT2D eigenvalue weighted by Gasteiger charge is 2.30. The maximum absolute atomic E-state index is 11.7. The van der Waals surface area contributed by atoms with E-state index in [2.05, 4.69) is 10.3 Å². The summed E-state index contributed by atoms with van der Waals surface area (Å²) < 4.78 is 0. The van der Waals surface area contributed by atoms with Crippen LogP contribution < -0.4 is 5.32 Å². The zero-order valence-corrected chi connectivity index (χ0v) is 10.8. The summed E-state index contributed by atoms with van der Waals surface area (Å²) >= 11 is 0. The van der Waals surface area contributed by atoms with Gasteiger partial charge >= 0.3 is 5.97 Å². The molecule has 5 heteroatoms. The van der Waals surface area contributed by atoms with E-state index in [1.165, 1.54) is 13.8 Å². The van der Waals surface area contributed by atoms with Gasteiger partial charge in [0.15, 0.2) is 0 Å². The van der Waals surface area contributed by atoms with E-state index >= 15 is 0 Å². The normalized spacial score (nSPS) is 12.8. The number of carboxylic acid groups (broad SMARTS) is 1. The van der Waals surface area contributed by atoms with Crippen LogP contribution in [0.25, 0.3) is 0 Å². The summed E-state index contributed by atoms with van der Waals surface area (Å²) in [5, 5.41) is 11.7. The van der Waals surface area contributed by atoms with Crippen LogP contribution >= 0.6 is 0 Å². The standard InChI is InChI=1S/C13H18N2O3/c1-9(10-6-4-5-7-14-10)15-11(16)8-13(2,3)12(17)18/h4-7,9H,8H2,1-3H3,(H,15,16)(H,17,18)/t9-/m0/s1. The van der Waals surface area contributed by atoms with Gasteiger partial charge in [-0.3, -0.25) is 14.6 Å². The summed E-state index contributed by atoms with van der Waals surface area (Å²) in [4.78, 5) is 26.8. The molecule has 5 nitrogen and oxygen atoms in total. The van der Waals surface area contributed by atoms with E-state index in [0.29, 0.717) is 0 Å². The van der Waals surface area contributed by atoms with Crippen LogP contribution in [0, 0.1) is 5.41 Å². The molecule has 2 N–H and O–H groups in total. The molecule has 0 aliphatic rings. The second kappa shape index (κ2) is 5.62. The number of hydrogen-bond donors (Lipinski definition) is 2. The first kappa shape index (κ1) is 14.2. The van der Waals surface area contributed by atoms with Crippen molar-refractivity contribution in [1.82, 2.24) is 10.3 Å². The molecular weight excluding hydrogens is 232 g/mol. The third kappa shape index (κ3) is 3.84. The smallest absolute Gasteiger partial charge is 0.309 e. The highest BCUT2D eigenvalue weighted by Crippen LogP contribution is 2.21. The Balaban J connectivity index is 2.58. The first-order chi connectivity index (χ1) is 8.33. The molecule has 1 amide bonds. The van der Waals surface area contributed by atoms with Gasteiger partial charge in [-0.2, -0.15) is 0 Å². The van der Waals surface area contributed by atoms with Crippen molar-refractivity contribution in [3.05, 3.63) is 30.1 Å². The van der Waals surface area contributed by atoms with E-state index < -0.39 is 11.4 Å². The summed E-state index contributed by atoms with van der Waals surface area (Å²) in [6.45, 7) is 4.87. The number of carbonyl (C=O) groups is 2. The zero-order chi connectivity index (χ0) is 13.8. The highest BCUT2D eigenvalue weighted by molar-refractivity contribution is 5.84. The number of pyridine rings is 1. The van der Waals surface area contributed by atoms with E-state index in [9.17, 15) is 9.59 Å². The van der Waals surface area contributed by atoms with Gasteiger partial charge in [-0.05, 0) is 32.9 Å². The summed E-state index contributed by atoms with van der Waals surface area (Å²) in [6, 6.07) is 5.22. The lowest BCUT2D eigenvalue weighted by Crippen LogP contribution is -2.34. The summed E-state index contributed by atoms with van der Waals surface area (Å²) in [5.41, 5.74) is -0.313. The van der Waals surface area contributed by atoms with E-state index in [1.807, 2.05) is 19.1 Å². The minimum absolute atomic E-state index is 0.0560. The average Bonchev–Trinajstić information content (AvgIpc) is 2.29. The van der Waals surface area contributed by atoms with Gasteiger partial charge in [-0.25, -0.2) is 0 Å². The van der Waals surface area contributed by atoms with E-state index in [0.717, 1.165) is 5.69 Å². The fourth-order valence-corrected chi connectivity index (χ4v) is 1.48. The fraction of sp³-hybridized carbons (Fsp3) is 0.462. The second-order valence-electron chi connectivity index (χ2n) is 4.91. The summed E-state index contributed by atoms with van der Waals surface area (Å²) in [7, 11) is 0. The number of carbonyl (C=O) groups excluding carboxylic acids is 1. The quantitative estimate of drug-likeness (QED) is 0.834. The Hall–Kier alpha value is -1.91. The van der Waals surface area contributed by atoms with Crippen molar-refractivity contribution in [2.45, 2.75) is 33.2 Å². The Morgan fingerprint density at radius 2 is 2.11 bits per heavy atom. The van der Waals surface area contributed by atoms with Crippen LogP contribution in [0.1, 0.15) is 38.9 Å². The Bertz CT molecular complexity index is 429. The lowest BCUT2D eigenvalue weighted by atomic mass is 9.89. The molecule has 1 heterocycles. The highest BCUT2D eigenvalue weighted by atomic mass is 16.4. The minimum atomic E-state index is -1.06. The predicted octanol–water partition coefficient (Wildman–Crippen LogP) is 1.76. The molecule has 1 aromatic heterocycles. The van der Waals surface area contributed by atoms with Crippen LogP contribution in [-0.2, 0) is 9.59 Å². The van der Waals surface area contributed by atoms with Crippen LogP contribution in [0.2, 0.25) is 0 Å². The van der Waals surface area contributed by atoms with Crippen LogP contribution in [0.5, 0.6) is 0 Å². The third-order valence-electron chi connectivity index (χ3n) is 2.69. The van der Waals surface area contributed by atoms with Crippen molar-refractivity contribution in [3.8, 4) is 0 Å². The number of nitrogens with one attached hydrogen (secondary N) is 1. The molecule has 0 aliphatic heterocycles. The number of hydrogen-bond acceptors (Lipinski definition) is 3. The molecule has 0 spiro atoms. The molecule has 1 atom stereocenters. The van der Waals surface area contributed by atoms with Gasteiger partial charge in [0.05, 0.1) is 17.2 Å². The van der Waals surface area contributed by atoms with E-state index in [1.54, 1.807) is 12.3 Å². The van der Waals surface area contributed by atoms with Crippen molar-refractivity contribution in [2.24, 2.45) is 5.41 Å².